The summed E-state index contributed by atoms with van der Waals surface area (Å²) in [4.78, 5) is 4.22. The molecule has 168 valence electrons. The van der Waals surface area contributed by atoms with Crippen LogP contribution in [0.5, 0.6) is 5.75 Å². The van der Waals surface area contributed by atoms with Gasteiger partial charge in [0.05, 0.1) is 5.56 Å². The summed E-state index contributed by atoms with van der Waals surface area (Å²) in [6.45, 7) is -1.83. The molecule has 0 saturated heterocycles. The molecule has 0 unspecified atom stereocenters. The second-order valence-electron chi connectivity index (χ2n) is 7.58. The molecule has 3 rings (SSSR count). The largest absolute Gasteiger partial charge is 0.471 e. The maximum atomic E-state index is 13.8. The summed E-state index contributed by atoms with van der Waals surface area (Å²) in [6, 6.07) is 7.93. The van der Waals surface area contributed by atoms with E-state index in [2.05, 4.69) is 20.9 Å². The van der Waals surface area contributed by atoms with Gasteiger partial charge in [-0.15, -0.1) is 0 Å². The Labute approximate surface area is 200 Å². The van der Waals surface area contributed by atoms with Crippen molar-refractivity contribution >= 4 is 21.6 Å². The highest BCUT2D eigenvalue weighted by molar-refractivity contribution is 9.08. The number of benzene rings is 2. The van der Waals surface area contributed by atoms with Crippen molar-refractivity contribution in [3.05, 3.63) is 64.2 Å². The fourth-order valence-electron chi connectivity index (χ4n) is 3.89. The third kappa shape index (κ3) is 6.12. The molecule has 0 N–H and O–H groups in total. The highest BCUT2D eigenvalue weighted by Gasteiger charge is 2.36. The quantitative estimate of drug-likeness (QED) is 0.277. The van der Waals surface area contributed by atoms with Crippen molar-refractivity contribution in [2.45, 2.75) is 69.6 Å². The van der Waals surface area contributed by atoms with Crippen LogP contribution >= 0.6 is 15.9 Å². The summed E-state index contributed by atoms with van der Waals surface area (Å²) < 4.78 is 102. The molecular weight excluding hydrogens is 467 g/mol. The summed E-state index contributed by atoms with van der Waals surface area (Å²) in [5, 5.41) is -2.19. The Balaban J connectivity index is 1.86. The lowest BCUT2D eigenvalue weighted by molar-refractivity contribution is -0.138. The molecule has 0 radical (unpaired) electrons. The first-order valence-electron chi connectivity index (χ1n) is 13.6. The average Bonchev–Trinajstić information content (AvgIpc) is 2.82. The smallest absolute Gasteiger partial charge is 0.416 e. The maximum Gasteiger partial charge on any atom is 0.416 e. The van der Waals surface area contributed by atoms with Crippen LogP contribution in [-0.4, -0.2) is 12.4 Å². The third-order valence-corrected chi connectivity index (χ3v) is 6.01. The van der Waals surface area contributed by atoms with Crippen molar-refractivity contribution in [3.63, 3.8) is 0 Å². The number of nitrogens with zero attached hydrogens (tertiary/aromatic N) is 1. The molecule has 0 spiro atoms. The van der Waals surface area contributed by atoms with Crippen LogP contribution in [-0.2, 0) is 17.8 Å². The van der Waals surface area contributed by atoms with Gasteiger partial charge in [-0.1, -0.05) is 60.2 Å². The van der Waals surface area contributed by atoms with E-state index in [9.17, 15) is 13.2 Å². The second kappa shape index (κ2) is 10.7. The van der Waals surface area contributed by atoms with Crippen molar-refractivity contribution in [3.8, 4) is 5.75 Å². The number of ether oxygens (including phenoxy) is 1. The molecule has 0 aliphatic heterocycles. The van der Waals surface area contributed by atoms with Gasteiger partial charge in [-0.25, -0.2) is 0 Å². The zero-order chi connectivity index (χ0) is 28.5. The molecule has 6 heteroatoms. The molecule has 0 amide bonds. The fraction of sp³-hybridized carbons (Fsp3) is 0.480. The highest BCUT2D eigenvalue weighted by atomic mass is 79.9. The molecule has 2 aromatic rings. The number of aryl methyl sites for hydroxylation is 1. The van der Waals surface area contributed by atoms with Gasteiger partial charge in [0.25, 0.3) is 0 Å². The minimum absolute atomic E-state index is 0.00990. The molecular formula is C25H29BrF3NO. The third-order valence-electron chi connectivity index (χ3n) is 5.58. The summed E-state index contributed by atoms with van der Waals surface area (Å²) in [5.41, 5.74) is -0.333. The van der Waals surface area contributed by atoms with Gasteiger partial charge in [0.15, 0.2) is 6.73 Å². The minimum atomic E-state index is -4.52. The van der Waals surface area contributed by atoms with Gasteiger partial charge < -0.3 is 4.74 Å². The summed E-state index contributed by atoms with van der Waals surface area (Å²) in [6.07, 6.45) is -3.08. The van der Waals surface area contributed by atoms with Gasteiger partial charge in [-0.3, -0.25) is 4.99 Å². The van der Waals surface area contributed by atoms with E-state index < -0.39 is 30.2 Å². The Hall–Kier alpha value is -1.82. The first kappa shape index (κ1) is 15.9. The Morgan fingerprint density at radius 3 is 2.61 bits per heavy atom. The Morgan fingerprint density at radius 1 is 1.16 bits per heavy atom. The second-order valence-corrected chi connectivity index (χ2v) is 7.98. The number of halogens is 4. The van der Waals surface area contributed by atoms with Crippen LogP contribution in [0.15, 0.2) is 41.4 Å². The molecule has 31 heavy (non-hydrogen) atoms. The first-order chi connectivity index (χ1) is 17.4. The van der Waals surface area contributed by atoms with Gasteiger partial charge in [-0.05, 0) is 72.5 Å². The molecule has 0 bridgehead atoms. The standard InChI is InChI=1S/C25H29BrF3NO/c1-3-18-13-20(9-10-21(18)15-26)17(2)30-16-31-22-11-12-23(19-7-5-4-6-8-19)24(14-22)25(27,28)29/h9-14,19H,3-8,15-16H2,1-2H3/b30-17+/i1D3,3D2,15D2. The maximum absolute atomic E-state index is 13.8. The van der Waals surface area contributed by atoms with Crippen molar-refractivity contribution in [2.24, 2.45) is 4.99 Å². The van der Waals surface area contributed by atoms with E-state index in [4.69, 9.17) is 14.3 Å². The van der Waals surface area contributed by atoms with Crippen LogP contribution in [0, 0.1) is 0 Å². The molecule has 0 heterocycles. The van der Waals surface area contributed by atoms with Crippen molar-refractivity contribution in [2.75, 3.05) is 6.73 Å². The first-order valence-corrected chi connectivity index (χ1v) is 10.9. The van der Waals surface area contributed by atoms with Gasteiger partial charge in [0, 0.05) is 20.6 Å². The lowest BCUT2D eigenvalue weighted by atomic mass is 9.82. The lowest BCUT2D eigenvalue weighted by Crippen LogP contribution is -2.14. The van der Waals surface area contributed by atoms with Crippen LogP contribution < -0.4 is 4.74 Å². The predicted octanol–water partition coefficient (Wildman–Crippen LogP) is 8.06. The van der Waals surface area contributed by atoms with E-state index in [0.717, 1.165) is 38.2 Å². The molecule has 2 nitrogen and oxygen atoms in total. The van der Waals surface area contributed by atoms with E-state index in [1.165, 1.54) is 30.3 Å². The fourth-order valence-corrected chi connectivity index (χ4v) is 4.24. The molecule has 1 saturated carbocycles. The van der Waals surface area contributed by atoms with Crippen LogP contribution in [0.25, 0.3) is 0 Å². The van der Waals surface area contributed by atoms with Gasteiger partial charge in [-0.2, -0.15) is 13.2 Å². The van der Waals surface area contributed by atoms with E-state index in [-0.39, 0.29) is 35.1 Å². The van der Waals surface area contributed by atoms with Crippen molar-refractivity contribution in [1.82, 2.24) is 0 Å². The number of alkyl halides is 4. The number of aliphatic imine (C=N–C) groups is 1. The summed E-state index contributed by atoms with van der Waals surface area (Å²) in [5.74, 6) is -0.121. The van der Waals surface area contributed by atoms with Crippen LogP contribution in [0.2, 0.25) is 0 Å². The Morgan fingerprint density at radius 2 is 1.94 bits per heavy atom. The van der Waals surface area contributed by atoms with Gasteiger partial charge in [0.2, 0.25) is 0 Å². The number of rotatable bonds is 7. The van der Waals surface area contributed by atoms with E-state index >= 15 is 0 Å². The number of hydrogen-bond donors (Lipinski definition) is 0. The number of hydrogen-bond acceptors (Lipinski definition) is 2. The van der Waals surface area contributed by atoms with E-state index in [1.807, 2.05) is 0 Å². The van der Waals surface area contributed by atoms with Crippen LogP contribution in [0.3, 0.4) is 0 Å². The molecule has 1 aliphatic carbocycles. The molecule has 1 aliphatic rings. The van der Waals surface area contributed by atoms with E-state index in [0.29, 0.717) is 11.3 Å². The van der Waals surface area contributed by atoms with E-state index in [1.54, 1.807) is 6.92 Å². The Kier molecular flexibility index (Phi) is 5.47. The Bertz CT molecular complexity index is 1170. The monoisotopic (exact) mass is 502 g/mol. The summed E-state index contributed by atoms with van der Waals surface area (Å²) >= 11 is 2.83. The highest BCUT2D eigenvalue weighted by Crippen LogP contribution is 2.42. The van der Waals surface area contributed by atoms with Crippen molar-refractivity contribution < 1.29 is 27.5 Å². The normalized spacial score (nSPS) is 20.5. The van der Waals surface area contributed by atoms with Gasteiger partial charge >= 0.3 is 6.18 Å². The van der Waals surface area contributed by atoms with Crippen LogP contribution in [0.4, 0.5) is 13.2 Å². The summed E-state index contributed by atoms with van der Waals surface area (Å²) in [7, 11) is 0. The lowest BCUT2D eigenvalue weighted by Gasteiger charge is -2.25. The van der Waals surface area contributed by atoms with Crippen LogP contribution in [0.1, 0.15) is 89.2 Å². The van der Waals surface area contributed by atoms with Crippen molar-refractivity contribution in [1.29, 1.82) is 0 Å². The zero-order valence-corrected chi connectivity index (χ0v) is 18.7. The zero-order valence-electron chi connectivity index (χ0n) is 24.2. The molecule has 0 aromatic heterocycles. The average molecular weight is 503 g/mol. The minimum Gasteiger partial charge on any atom is -0.471 e. The molecule has 0 atom stereocenters. The van der Waals surface area contributed by atoms with Gasteiger partial charge in [0.1, 0.15) is 5.75 Å². The SMILES string of the molecule is [2H]C([2H])(Br)c1ccc(/C(C)=N/COc2ccc(C3CCCCC3)c(C(F)(F)F)c2)cc1C([2H])([2H])C([2H])([2H])[2H]. The topological polar surface area (TPSA) is 21.6 Å². The molecule has 2 aromatic carbocycles. The predicted molar refractivity (Wildman–Crippen MR) is 123 cm³/mol. The molecule has 1 fully saturated rings.